The molecule has 1 unspecified atom stereocenters. The lowest BCUT2D eigenvalue weighted by Crippen LogP contribution is -2.52. The van der Waals surface area contributed by atoms with Crippen molar-refractivity contribution in [3.05, 3.63) is 34.9 Å². The summed E-state index contributed by atoms with van der Waals surface area (Å²) in [5.41, 5.74) is 8.24. The quantitative estimate of drug-likeness (QED) is 0.653. The number of nitrogens with two attached hydrogens (primary N) is 1. The summed E-state index contributed by atoms with van der Waals surface area (Å²) in [6.45, 7) is 3.56. The molecule has 0 radical (unpaired) electrons. The highest BCUT2D eigenvalue weighted by Crippen LogP contribution is 2.29. The van der Waals surface area contributed by atoms with Crippen molar-refractivity contribution in [2.24, 2.45) is 5.73 Å². The molecule has 3 amide bonds. The number of hydrogen-bond donors (Lipinski definition) is 3. The van der Waals surface area contributed by atoms with Gasteiger partial charge in [0, 0.05) is 37.7 Å². The van der Waals surface area contributed by atoms with Gasteiger partial charge < -0.3 is 16.0 Å². The first-order valence-electron chi connectivity index (χ1n) is 8.20. The third-order valence-electron chi connectivity index (χ3n) is 4.67. The highest BCUT2D eigenvalue weighted by molar-refractivity contribution is 6.05. The van der Waals surface area contributed by atoms with Crippen molar-refractivity contribution >= 4 is 17.7 Å². The van der Waals surface area contributed by atoms with Crippen LogP contribution in [0.25, 0.3) is 0 Å². The minimum Gasteiger partial charge on any atom is -0.329 e. The van der Waals surface area contributed by atoms with Crippen molar-refractivity contribution in [2.45, 2.75) is 44.9 Å². The Morgan fingerprint density at radius 3 is 2.88 bits per heavy atom. The number of hydrogen-bond acceptors (Lipinski definition) is 5. The summed E-state index contributed by atoms with van der Waals surface area (Å²) >= 11 is 0. The summed E-state index contributed by atoms with van der Waals surface area (Å²) in [5, 5.41) is 5.64. The van der Waals surface area contributed by atoms with Crippen LogP contribution in [0.2, 0.25) is 0 Å². The van der Waals surface area contributed by atoms with Crippen LogP contribution in [0.3, 0.4) is 0 Å². The number of nitrogens with one attached hydrogen (secondary N) is 2. The van der Waals surface area contributed by atoms with Crippen molar-refractivity contribution < 1.29 is 14.4 Å². The minimum absolute atomic E-state index is 0.145. The molecule has 0 spiro atoms. The Balaban J connectivity index is 1.79. The van der Waals surface area contributed by atoms with E-state index in [4.69, 9.17) is 5.73 Å². The lowest BCUT2D eigenvalue weighted by atomic mass is 10.0. The van der Waals surface area contributed by atoms with Crippen molar-refractivity contribution in [2.75, 3.05) is 6.54 Å². The molecule has 7 nitrogen and oxygen atoms in total. The predicted molar refractivity (Wildman–Crippen MR) is 87.8 cm³/mol. The van der Waals surface area contributed by atoms with E-state index in [1.54, 1.807) is 11.0 Å². The fraction of sp³-hybridized carbons (Fsp3) is 0.471. The molecule has 1 aromatic carbocycles. The molecule has 2 heterocycles. The summed E-state index contributed by atoms with van der Waals surface area (Å²) in [6, 6.07) is 5.24. The van der Waals surface area contributed by atoms with Crippen LogP contribution in [0.5, 0.6) is 0 Å². The average molecular weight is 330 g/mol. The number of fused-ring (bicyclic) bond motifs is 1. The number of carbonyl (C=O) groups is 3. The maximum atomic E-state index is 12.7. The van der Waals surface area contributed by atoms with E-state index in [1.807, 2.05) is 19.1 Å². The summed E-state index contributed by atoms with van der Waals surface area (Å²) < 4.78 is 0. The van der Waals surface area contributed by atoms with Gasteiger partial charge in [-0.3, -0.25) is 19.7 Å². The summed E-state index contributed by atoms with van der Waals surface area (Å²) in [7, 11) is 0. The summed E-state index contributed by atoms with van der Waals surface area (Å²) in [4.78, 5) is 37.6. The highest BCUT2D eigenvalue weighted by atomic mass is 16.2. The molecule has 3 rings (SSSR count). The van der Waals surface area contributed by atoms with E-state index in [0.29, 0.717) is 31.6 Å². The average Bonchev–Trinajstić information content (AvgIpc) is 2.90. The van der Waals surface area contributed by atoms with Crippen molar-refractivity contribution in [1.29, 1.82) is 0 Å². The molecule has 7 heteroatoms. The molecule has 1 fully saturated rings. The van der Waals surface area contributed by atoms with Gasteiger partial charge in [0.25, 0.3) is 5.91 Å². The van der Waals surface area contributed by atoms with E-state index in [-0.39, 0.29) is 30.2 Å². The number of nitrogens with zero attached hydrogens (tertiary/aromatic N) is 1. The predicted octanol–water partition coefficient (Wildman–Crippen LogP) is -0.116. The number of benzene rings is 1. The molecular formula is C17H22N4O3. The Morgan fingerprint density at radius 2 is 2.17 bits per heavy atom. The van der Waals surface area contributed by atoms with Crippen molar-refractivity contribution in [3.63, 3.8) is 0 Å². The van der Waals surface area contributed by atoms with E-state index < -0.39 is 6.04 Å². The van der Waals surface area contributed by atoms with Gasteiger partial charge >= 0.3 is 0 Å². The Bertz CT molecular complexity index is 688. The van der Waals surface area contributed by atoms with Gasteiger partial charge in [-0.15, -0.1) is 0 Å². The van der Waals surface area contributed by atoms with Crippen LogP contribution >= 0.6 is 0 Å². The van der Waals surface area contributed by atoms with E-state index in [1.165, 1.54) is 0 Å². The Kier molecular flexibility index (Phi) is 4.64. The van der Waals surface area contributed by atoms with E-state index in [0.717, 1.165) is 11.1 Å². The third-order valence-corrected chi connectivity index (χ3v) is 4.67. The molecular weight excluding hydrogens is 308 g/mol. The van der Waals surface area contributed by atoms with Gasteiger partial charge in [-0.2, -0.15) is 0 Å². The first kappa shape index (κ1) is 16.6. The Labute approximate surface area is 140 Å². The van der Waals surface area contributed by atoms with Gasteiger partial charge in [0.05, 0.1) is 0 Å². The van der Waals surface area contributed by atoms with Crippen molar-refractivity contribution in [1.82, 2.24) is 15.5 Å². The lowest BCUT2D eigenvalue weighted by Gasteiger charge is -2.29. The zero-order valence-electron chi connectivity index (χ0n) is 13.7. The maximum Gasteiger partial charge on any atom is 0.255 e. The number of carbonyl (C=O) groups excluding carboxylic acids is 3. The first-order valence-corrected chi connectivity index (χ1v) is 8.20. The first-order chi connectivity index (χ1) is 11.5. The van der Waals surface area contributed by atoms with Gasteiger partial charge in [0.15, 0.2) is 0 Å². The second kappa shape index (κ2) is 6.70. The van der Waals surface area contributed by atoms with Gasteiger partial charge in [-0.1, -0.05) is 12.1 Å². The SMILES string of the molecule is C[C@H](CN)NCc1cccc2c1CN(C1CCC(=O)NC1=O)C2=O. The van der Waals surface area contributed by atoms with Gasteiger partial charge in [-0.05, 0) is 30.5 Å². The maximum absolute atomic E-state index is 12.7. The number of rotatable bonds is 5. The molecule has 128 valence electrons. The van der Waals surface area contributed by atoms with E-state index >= 15 is 0 Å². The van der Waals surface area contributed by atoms with Gasteiger partial charge in [0.2, 0.25) is 11.8 Å². The second-order valence-electron chi connectivity index (χ2n) is 6.36. The number of amides is 3. The fourth-order valence-electron chi connectivity index (χ4n) is 3.18. The lowest BCUT2D eigenvalue weighted by molar-refractivity contribution is -0.136. The molecule has 24 heavy (non-hydrogen) atoms. The second-order valence-corrected chi connectivity index (χ2v) is 6.36. The topological polar surface area (TPSA) is 105 Å². The monoisotopic (exact) mass is 330 g/mol. The molecule has 0 bridgehead atoms. The Hall–Kier alpha value is -2.25. The third kappa shape index (κ3) is 3.05. The molecule has 0 aromatic heterocycles. The molecule has 1 aromatic rings. The molecule has 0 saturated carbocycles. The zero-order chi connectivity index (χ0) is 17.3. The normalized spacial score (nSPS) is 21.7. The molecule has 0 aliphatic carbocycles. The Morgan fingerprint density at radius 1 is 1.38 bits per heavy atom. The van der Waals surface area contributed by atoms with Crippen LogP contribution in [-0.2, 0) is 22.7 Å². The van der Waals surface area contributed by atoms with Crippen LogP contribution in [0.4, 0.5) is 0 Å². The zero-order valence-corrected chi connectivity index (χ0v) is 13.7. The largest absolute Gasteiger partial charge is 0.329 e. The molecule has 1 saturated heterocycles. The van der Waals surface area contributed by atoms with Crippen LogP contribution in [-0.4, -0.2) is 41.2 Å². The standard InChI is InChI=1S/C17H22N4O3/c1-10(7-18)19-8-11-3-2-4-12-13(11)9-21(17(12)24)14-5-6-15(22)20-16(14)23/h2-4,10,14,19H,5-9,18H2,1H3,(H,20,22,23)/t10-,14?/m1/s1. The van der Waals surface area contributed by atoms with Crippen molar-refractivity contribution in [3.8, 4) is 0 Å². The van der Waals surface area contributed by atoms with Crippen LogP contribution < -0.4 is 16.4 Å². The molecule has 2 aliphatic heterocycles. The molecule has 2 atom stereocenters. The highest BCUT2D eigenvalue weighted by Gasteiger charge is 2.39. The summed E-state index contributed by atoms with van der Waals surface area (Å²) in [5.74, 6) is -0.807. The number of piperidine rings is 1. The van der Waals surface area contributed by atoms with E-state index in [9.17, 15) is 14.4 Å². The van der Waals surface area contributed by atoms with Gasteiger partial charge in [0.1, 0.15) is 6.04 Å². The van der Waals surface area contributed by atoms with Crippen LogP contribution in [0.1, 0.15) is 41.3 Å². The molecule has 2 aliphatic rings. The van der Waals surface area contributed by atoms with Gasteiger partial charge in [-0.25, -0.2) is 0 Å². The smallest absolute Gasteiger partial charge is 0.255 e. The molecule has 4 N–H and O–H groups in total. The van der Waals surface area contributed by atoms with E-state index in [2.05, 4.69) is 10.6 Å². The number of imide groups is 1. The minimum atomic E-state index is -0.577. The van der Waals surface area contributed by atoms with Crippen LogP contribution in [0.15, 0.2) is 18.2 Å². The summed E-state index contributed by atoms with van der Waals surface area (Å²) in [6.07, 6.45) is 0.640. The van der Waals surface area contributed by atoms with Crippen LogP contribution in [0, 0.1) is 0 Å². The fourth-order valence-corrected chi connectivity index (χ4v) is 3.18.